The minimum absolute atomic E-state index is 0.757. The summed E-state index contributed by atoms with van der Waals surface area (Å²) in [6.07, 6.45) is 0. The molecule has 0 saturated carbocycles. The Morgan fingerprint density at radius 2 is 0.711 bits per heavy atom. The maximum atomic E-state index is 5.37. The summed E-state index contributed by atoms with van der Waals surface area (Å²) >= 11 is 7.42. The van der Waals surface area contributed by atoms with E-state index in [9.17, 15) is 0 Å². The number of aromatic nitrogens is 4. The Bertz CT molecular complexity index is 4560. The molecule has 358 valence electrons. The van der Waals surface area contributed by atoms with Gasteiger partial charge in [0, 0.05) is 71.8 Å². The highest BCUT2D eigenvalue weighted by Crippen LogP contribution is 2.43. The highest BCUT2D eigenvalue weighted by atomic mass is 79.9. The van der Waals surface area contributed by atoms with Crippen molar-refractivity contribution in [3.63, 3.8) is 0 Å². The van der Waals surface area contributed by atoms with Gasteiger partial charge in [-0.1, -0.05) is 170 Å². The molecule has 0 aliphatic heterocycles. The third-order valence-corrected chi connectivity index (χ3v) is 15.4. The molecule has 0 N–H and O–H groups in total. The van der Waals surface area contributed by atoms with Crippen molar-refractivity contribution in [2.24, 2.45) is 0 Å². The van der Waals surface area contributed by atoms with Gasteiger partial charge in [-0.05, 0) is 133 Å². The van der Waals surface area contributed by atoms with Crippen LogP contribution in [0, 0.1) is 0 Å². The predicted octanol–water partition coefficient (Wildman–Crippen LogP) is 19.7. The molecule has 14 rings (SSSR count). The van der Waals surface area contributed by atoms with Gasteiger partial charge in [-0.25, -0.2) is 19.9 Å². The van der Waals surface area contributed by atoms with Crippen LogP contribution in [-0.4, -0.2) is 19.9 Å². The van der Waals surface area contributed by atoms with Gasteiger partial charge in [0.05, 0.1) is 44.8 Å². The normalized spacial score (nSPS) is 11.6. The fourth-order valence-electron chi connectivity index (χ4n) is 10.7. The molecule has 0 amide bonds. The standard InChI is InChI=1S/C68H42Br2N6/c69-63-40-33-49-25-26-51-42-58(68(70)74-67(51)66(49)73-63)50-15-8-18-55(41-50)76(62-22-10-14-44-12-5-7-20-57(44)62)54-36-29-46(30-37-54)60-39-32-48-24-23-47-31-38-59(71-64(47)65(48)72-60)45-27-34-53(35-28-45)75(52-16-2-1-3-17-52)61-21-9-13-43-11-4-6-19-56(43)61/h1-42H. The van der Waals surface area contributed by atoms with E-state index in [1.807, 2.05) is 6.07 Å². The summed E-state index contributed by atoms with van der Waals surface area (Å²) in [6.45, 7) is 0. The molecular weight excluding hydrogens is 1060 g/mol. The van der Waals surface area contributed by atoms with Crippen LogP contribution in [0.2, 0.25) is 0 Å². The Morgan fingerprint density at radius 3 is 1.30 bits per heavy atom. The van der Waals surface area contributed by atoms with Crippen LogP contribution in [0.5, 0.6) is 0 Å². The first-order valence-electron chi connectivity index (χ1n) is 25.2. The molecule has 6 nitrogen and oxygen atoms in total. The molecule has 0 atom stereocenters. The van der Waals surface area contributed by atoms with Crippen LogP contribution in [0.3, 0.4) is 0 Å². The number of hydrogen-bond donors (Lipinski definition) is 0. The number of rotatable bonds is 9. The Balaban J connectivity index is 0.816. The van der Waals surface area contributed by atoms with Gasteiger partial charge in [0.15, 0.2) is 0 Å². The summed E-state index contributed by atoms with van der Waals surface area (Å²) in [4.78, 5) is 25.2. The van der Waals surface area contributed by atoms with E-state index in [2.05, 4.69) is 290 Å². The van der Waals surface area contributed by atoms with Crippen molar-refractivity contribution in [2.45, 2.75) is 0 Å². The van der Waals surface area contributed by atoms with Gasteiger partial charge in [0.1, 0.15) is 9.21 Å². The van der Waals surface area contributed by atoms with Gasteiger partial charge in [0.25, 0.3) is 0 Å². The van der Waals surface area contributed by atoms with Gasteiger partial charge in [-0.15, -0.1) is 0 Å². The molecule has 76 heavy (non-hydrogen) atoms. The number of fused-ring (bicyclic) bond motifs is 8. The van der Waals surface area contributed by atoms with Gasteiger partial charge in [-0.2, -0.15) is 0 Å². The molecule has 4 heterocycles. The maximum absolute atomic E-state index is 5.37. The molecule has 4 aromatic heterocycles. The van der Waals surface area contributed by atoms with E-state index in [1.54, 1.807) is 0 Å². The Labute approximate surface area is 455 Å². The van der Waals surface area contributed by atoms with Crippen molar-refractivity contribution in [1.29, 1.82) is 0 Å². The van der Waals surface area contributed by atoms with E-state index >= 15 is 0 Å². The number of nitrogens with zero attached hydrogens (tertiary/aromatic N) is 6. The zero-order valence-corrected chi connectivity index (χ0v) is 43.9. The highest BCUT2D eigenvalue weighted by molar-refractivity contribution is 9.10. The molecule has 0 bridgehead atoms. The molecular formula is C68H42Br2N6. The van der Waals surface area contributed by atoms with Crippen molar-refractivity contribution in [2.75, 3.05) is 9.80 Å². The summed E-state index contributed by atoms with van der Waals surface area (Å²) in [6, 6.07) is 90.1. The first-order chi connectivity index (χ1) is 37.5. The number of para-hydroxylation sites is 1. The van der Waals surface area contributed by atoms with Crippen molar-refractivity contribution >= 4 is 131 Å². The van der Waals surface area contributed by atoms with Crippen LogP contribution in [0.25, 0.3) is 98.8 Å². The number of hydrogen-bond acceptors (Lipinski definition) is 6. The van der Waals surface area contributed by atoms with Crippen LogP contribution in [0.15, 0.2) is 264 Å². The molecule has 0 unspecified atom stereocenters. The molecule has 0 spiro atoms. The van der Waals surface area contributed by atoms with Crippen molar-refractivity contribution in [1.82, 2.24) is 19.9 Å². The van der Waals surface area contributed by atoms with Crippen LogP contribution in [0.4, 0.5) is 34.1 Å². The molecule has 0 aliphatic carbocycles. The van der Waals surface area contributed by atoms with Crippen LogP contribution in [0.1, 0.15) is 0 Å². The Hall–Kier alpha value is -9.08. The monoisotopic (exact) mass is 1100 g/mol. The van der Waals surface area contributed by atoms with E-state index in [0.717, 1.165) is 126 Å². The summed E-state index contributed by atoms with van der Waals surface area (Å²) < 4.78 is 1.54. The van der Waals surface area contributed by atoms with Crippen molar-refractivity contribution in [3.8, 4) is 33.6 Å². The van der Waals surface area contributed by atoms with Crippen molar-refractivity contribution in [3.05, 3.63) is 264 Å². The lowest BCUT2D eigenvalue weighted by Crippen LogP contribution is -2.10. The van der Waals surface area contributed by atoms with Crippen LogP contribution >= 0.6 is 31.9 Å². The highest BCUT2D eigenvalue weighted by Gasteiger charge is 2.20. The zero-order valence-electron chi connectivity index (χ0n) is 40.7. The van der Waals surface area contributed by atoms with Gasteiger partial charge >= 0.3 is 0 Å². The molecule has 0 radical (unpaired) electrons. The van der Waals surface area contributed by atoms with E-state index in [0.29, 0.717) is 0 Å². The van der Waals surface area contributed by atoms with E-state index in [-0.39, 0.29) is 0 Å². The second kappa shape index (κ2) is 19.0. The van der Waals surface area contributed by atoms with E-state index in [4.69, 9.17) is 19.9 Å². The van der Waals surface area contributed by atoms with Gasteiger partial charge in [0.2, 0.25) is 0 Å². The molecule has 14 aromatic rings. The molecule has 0 saturated heterocycles. The summed E-state index contributed by atoms with van der Waals surface area (Å²) in [5.74, 6) is 0. The minimum atomic E-state index is 0.757. The lowest BCUT2D eigenvalue weighted by molar-refractivity contribution is 1.29. The lowest BCUT2D eigenvalue weighted by atomic mass is 10.0. The van der Waals surface area contributed by atoms with Crippen molar-refractivity contribution < 1.29 is 0 Å². The van der Waals surface area contributed by atoms with Crippen LogP contribution in [-0.2, 0) is 0 Å². The van der Waals surface area contributed by atoms with E-state index in [1.165, 1.54) is 16.2 Å². The summed E-state index contributed by atoms with van der Waals surface area (Å²) in [5, 5.41) is 8.85. The molecule has 0 aliphatic rings. The fraction of sp³-hybridized carbons (Fsp3) is 0. The zero-order chi connectivity index (χ0) is 50.7. The molecule has 8 heteroatoms. The van der Waals surface area contributed by atoms with E-state index < -0.39 is 0 Å². The summed E-state index contributed by atoms with van der Waals surface area (Å²) in [5.41, 5.74) is 15.7. The van der Waals surface area contributed by atoms with Gasteiger partial charge < -0.3 is 9.80 Å². The number of benzene rings is 10. The Kier molecular flexibility index (Phi) is 11.4. The first kappa shape index (κ1) is 45.5. The lowest BCUT2D eigenvalue weighted by Gasteiger charge is -2.27. The Morgan fingerprint density at radius 1 is 0.276 bits per heavy atom. The minimum Gasteiger partial charge on any atom is -0.310 e. The predicted molar refractivity (Wildman–Crippen MR) is 324 cm³/mol. The van der Waals surface area contributed by atoms with Crippen LogP contribution < -0.4 is 9.80 Å². The number of pyridine rings is 4. The fourth-order valence-corrected chi connectivity index (χ4v) is 11.5. The molecule has 0 fully saturated rings. The third kappa shape index (κ3) is 8.19. The largest absolute Gasteiger partial charge is 0.310 e. The SMILES string of the molecule is Brc1ccc2ccc3cc(-c4cccc(N(c5ccc(-c6ccc7ccc8ccc(-c9ccc(N(c%10ccccc%10)c%10cccc%11ccccc%10%11)cc9)nc8c7n6)cc5)c5cccc6ccccc56)c4)c(Br)nc3c2n1. The van der Waals surface area contributed by atoms with Gasteiger partial charge in [-0.3, -0.25) is 0 Å². The second-order valence-corrected chi connectivity index (χ2v) is 20.5. The average molecular weight is 1100 g/mol. The smallest absolute Gasteiger partial charge is 0.114 e. The maximum Gasteiger partial charge on any atom is 0.114 e. The molecule has 10 aromatic carbocycles. The second-order valence-electron chi connectivity index (χ2n) is 18.9. The summed E-state index contributed by atoms with van der Waals surface area (Å²) in [7, 11) is 0. The first-order valence-corrected chi connectivity index (χ1v) is 26.7. The quantitative estimate of drug-likeness (QED) is 0.106. The topological polar surface area (TPSA) is 58.0 Å². The number of anilines is 6. The number of halogens is 2. The average Bonchev–Trinajstić information content (AvgIpc) is 3.50. The third-order valence-electron chi connectivity index (χ3n) is 14.4.